The number of aryl methyl sites for hydroxylation is 1. The van der Waals surface area contributed by atoms with E-state index >= 15 is 0 Å². The Kier molecular flexibility index (Phi) is 4.28. The van der Waals surface area contributed by atoms with Crippen molar-refractivity contribution in [3.63, 3.8) is 0 Å². The van der Waals surface area contributed by atoms with Gasteiger partial charge in [0, 0.05) is 24.2 Å². The maximum absolute atomic E-state index is 12.5. The van der Waals surface area contributed by atoms with Crippen LogP contribution in [0.15, 0.2) is 29.1 Å². The minimum absolute atomic E-state index is 0.160. The van der Waals surface area contributed by atoms with E-state index in [2.05, 4.69) is 32.4 Å². The van der Waals surface area contributed by atoms with E-state index in [4.69, 9.17) is 0 Å². The summed E-state index contributed by atoms with van der Waals surface area (Å²) in [5.41, 5.74) is 3.11. The minimum atomic E-state index is -0.181. The molecule has 1 amide bonds. The number of H-pyrrole nitrogens is 2. The van der Waals surface area contributed by atoms with E-state index in [0.29, 0.717) is 41.3 Å². The molecule has 3 N–H and O–H groups in total. The number of para-hydroxylation sites is 1. The van der Waals surface area contributed by atoms with E-state index in [-0.39, 0.29) is 11.5 Å². The van der Waals surface area contributed by atoms with Crippen LogP contribution in [-0.4, -0.2) is 32.6 Å². The molecule has 0 aliphatic heterocycles. The number of hydrogen-bond acceptors (Lipinski definition) is 4. The lowest BCUT2D eigenvalue weighted by atomic mass is 9.87. The molecule has 1 atom stereocenters. The van der Waals surface area contributed by atoms with Gasteiger partial charge in [0.05, 0.1) is 10.9 Å². The molecule has 4 rings (SSSR count). The van der Waals surface area contributed by atoms with Crippen molar-refractivity contribution in [3.8, 4) is 0 Å². The van der Waals surface area contributed by atoms with Crippen LogP contribution in [-0.2, 0) is 19.3 Å². The number of carbonyl (C=O) groups excluding carboxylic acids is 1. The molecule has 1 aromatic carbocycles. The number of carbonyl (C=O) groups is 1. The normalized spacial score (nSPS) is 16.4. The maximum atomic E-state index is 12.5. The van der Waals surface area contributed by atoms with Gasteiger partial charge < -0.3 is 10.3 Å². The maximum Gasteiger partial charge on any atom is 0.272 e. The summed E-state index contributed by atoms with van der Waals surface area (Å²) in [6, 6.07) is 7.21. The predicted octanol–water partition coefficient (Wildman–Crippen LogP) is 1.74. The van der Waals surface area contributed by atoms with Gasteiger partial charge in [0.2, 0.25) is 0 Å². The molecule has 3 aromatic rings. The van der Waals surface area contributed by atoms with Crippen molar-refractivity contribution < 1.29 is 4.79 Å². The van der Waals surface area contributed by atoms with Crippen LogP contribution in [0.5, 0.6) is 0 Å². The highest BCUT2D eigenvalue weighted by atomic mass is 16.2. The van der Waals surface area contributed by atoms with Crippen molar-refractivity contribution in [1.29, 1.82) is 0 Å². The summed E-state index contributed by atoms with van der Waals surface area (Å²) in [5.74, 6) is 0.949. The van der Waals surface area contributed by atoms with Crippen LogP contribution in [0.1, 0.15) is 40.9 Å². The molecule has 1 unspecified atom stereocenters. The summed E-state index contributed by atoms with van der Waals surface area (Å²) in [5, 5.41) is 10.6. The van der Waals surface area contributed by atoms with Gasteiger partial charge in [-0.3, -0.25) is 14.7 Å². The smallest absolute Gasteiger partial charge is 0.272 e. The summed E-state index contributed by atoms with van der Waals surface area (Å²) in [6.45, 7) is 2.58. The van der Waals surface area contributed by atoms with Gasteiger partial charge in [-0.05, 0) is 37.3 Å². The molecule has 0 saturated heterocycles. The fraction of sp³-hybridized carbons (Fsp3) is 0.368. The predicted molar refractivity (Wildman–Crippen MR) is 98.2 cm³/mol. The van der Waals surface area contributed by atoms with Crippen LogP contribution in [0.3, 0.4) is 0 Å². The third-order valence-corrected chi connectivity index (χ3v) is 4.92. The topological polar surface area (TPSA) is 104 Å². The number of nitrogens with one attached hydrogen (secondary N) is 3. The Morgan fingerprint density at radius 3 is 3.08 bits per heavy atom. The van der Waals surface area contributed by atoms with Gasteiger partial charge in [-0.2, -0.15) is 5.10 Å². The first kappa shape index (κ1) is 16.5. The second kappa shape index (κ2) is 6.74. The zero-order chi connectivity index (χ0) is 18.1. The van der Waals surface area contributed by atoms with E-state index in [1.165, 1.54) is 0 Å². The van der Waals surface area contributed by atoms with E-state index < -0.39 is 0 Å². The number of aromatic amines is 2. The van der Waals surface area contributed by atoms with E-state index in [9.17, 15) is 9.59 Å². The lowest BCUT2D eigenvalue weighted by Crippen LogP contribution is -2.28. The number of fused-ring (bicyclic) bond motifs is 2. The molecule has 7 nitrogen and oxygen atoms in total. The van der Waals surface area contributed by atoms with Crippen molar-refractivity contribution in [2.75, 3.05) is 6.54 Å². The summed E-state index contributed by atoms with van der Waals surface area (Å²) >= 11 is 0. The number of aromatic nitrogens is 4. The molecule has 7 heteroatoms. The van der Waals surface area contributed by atoms with Crippen LogP contribution in [0.4, 0.5) is 0 Å². The van der Waals surface area contributed by atoms with Crippen LogP contribution in [0, 0.1) is 5.92 Å². The average molecular weight is 351 g/mol. The Morgan fingerprint density at radius 2 is 2.19 bits per heavy atom. The van der Waals surface area contributed by atoms with Gasteiger partial charge in [0.15, 0.2) is 5.69 Å². The highest BCUT2D eigenvalue weighted by Gasteiger charge is 2.24. The standard InChI is InChI=1S/C19H21N5O2/c1-11-6-7-15-13(10-11)17(24-23-15)19(26)20-9-8-16-21-14-5-3-2-4-12(14)18(25)22-16/h2-5,11H,6-10H2,1H3,(H,20,26)(H,23,24)(H,21,22,25). The Bertz CT molecular complexity index is 1020. The van der Waals surface area contributed by atoms with Crippen LogP contribution in [0.25, 0.3) is 10.9 Å². The Hall–Kier alpha value is -2.96. The largest absolute Gasteiger partial charge is 0.350 e. The number of rotatable bonds is 4. The Balaban J connectivity index is 1.43. The van der Waals surface area contributed by atoms with Crippen molar-refractivity contribution >= 4 is 16.8 Å². The average Bonchev–Trinajstić information content (AvgIpc) is 3.05. The summed E-state index contributed by atoms with van der Waals surface area (Å²) < 4.78 is 0. The first-order valence-corrected chi connectivity index (χ1v) is 8.94. The first-order valence-electron chi connectivity index (χ1n) is 8.94. The SMILES string of the molecule is CC1CCc2[nH]nc(C(=O)NCCc3nc4ccccc4c(=O)[nH]3)c2C1. The first-order chi connectivity index (χ1) is 12.6. The molecule has 1 aliphatic carbocycles. The molecule has 0 saturated carbocycles. The summed E-state index contributed by atoms with van der Waals surface area (Å²) in [6.07, 6.45) is 3.40. The number of nitrogens with zero attached hydrogens (tertiary/aromatic N) is 2. The third-order valence-electron chi connectivity index (χ3n) is 4.92. The molecule has 0 bridgehead atoms. The second-order valence-corrected chi connectivity index (χ2v) is 6.91. The fourth-order valence-corrected chi connectivity index (χ4v) is 3.49. The van der Waals surface area contributed by atoms with Gasteiger partial charge in [-0.15, -0.1) is 0 Å². The monoisotopic (exact) mass is 351 g/mol. The molecule has 2 aromatic heterocycles. The molecule has 0 fully saturated rings. The molecule has 134 valence electrons. The zero-order valence-electron chi connectivity index (χ0n) is 14.6. The van der Waals surface area contributed by atoms with E-state index in [1.54, 1.807) is 6.07 Å². The Labute approximate surface area is 150 Å². The summed E-state index contributed by atoms with van der Waals surface area (Å²) in [4.78, 5) is 31.8. The lowest BCUT2D eigenvalue weighted by molar-refractivity contribution is 0.0947. The molecular weight excluding hydrogens is 330 g/mol. The fourth-order valence-electron chi connectivity index (χ4n) is 3.49. The molecule has 2 heterocycles. The van der Waals surface area contributed by atoms with Crippen molar-refractivity contribution in [3.05, 3.63) is 57.4 Å². The number of benzene rings is 1. The molecule has 26 heavy (non-hydrogen) atoms. The van der Waals surface area contributed by atoms with E-state index in [0.717, 1.165) is 30.5 Å². The second-order valence-electron chi connectivity index (χ2n) is 6.91. The lowest BCUT2D eigenvalue weighted by Gasteiger charge is -2.17. The van der Waals surface area contributed by atoms with Gasteiger partial charge in [0.25, 0.3) is 11.5 Å². The number of amides is 1. The third kappa shape index (κ3) is 3.12. The van der Waals surface area contributed by atoms with Crippen molar-refractivity contribution in [2.45, 2.75) is 32.6 Å². The van der Waals surface area contributed by atoms with Gasteiger partial charge >= 0.3 is 0 Å². The van der Waals surface area contributed by atoms with Crippen LogP contribution in [0.2, 0.25) is 0 Å². The van der Waals surface area contributed by atoms with Gasteiger partial charge in [-0.1, -0.05) is 19.1 Å². The quantitative estimate of drug-likeness (QED) is 0.666. The van der Waals surface area contributed by atoms with Crippen molar-refractivity contribution in [1.82, 2.24) is 25.5 Å². The highest BCUT2D eigenvalue weighted by Crippen LogP contribution is 2.26. The number of hydrogen-bond donors (Lipinski definition) is 3. The summed E-state index contributed by atoms with van der Waals surface area (Å²) in [7, 11) is 0. The molecule has 0 radical (unpaired) electrons. The van der Waals surface area contributed by atoms with Gasteiger partial charge in [-0.25, -0.2) is 4.98 Å². The zero-order valence-corrected chi connectivity index (χ0v) is 14.6. The van der Waals surface area contributed by atoms with E-state index in [1.807, 2.05) is 18.2 Å². The molecular formula is C19H21N5O2. The molecule has 1 aliphatic rings. The van der Waals surface area contributed by atoms with Crippen LogP contribution >= 0.6 is 0 Å². The molecule has 0 spiro atoms. The van der Waals surface area contributed by atoms with Crippen LogP contribution < -0.4 is 10.9 Å². The Morgan fingerprint density at radius 1 is 1.35 bits per heavy atom. The minimum Gasteiger partial charge on any atom is -0.350 e. The van der Waals surface area contributed by atoms with Gasteiger partial charge in [0.1, 0.15) is 5.82 Å². The van der Waals surface area contributed by atoms with Crippen molar-refractivity contribution in [2.24, 2.45) is 5.92 Å². The highest BCUT2D eigenvalue weighted by molar-refractivity contribution is 5.94.